The minimum Gasteiger partial charge on any atom is -0.434 e. The van der Waals surface area contributed by atoms with Crippen LogP contribution in [-0.2, 0) is 6.54 Å². The Morgan fingerprint density at radius 1 is 1.44 bits per heavy atom. The standard InChI is InChI=1S/C16H23ClF2N4O.HI/c1-20-16(21-8-11-5-6-23(2)10-11)22-9-12-7-13(17)3-4-14(12)24-15(18)19;/h3-4,7,11,15H,5-6,8-10H2,1-2H3,(H2,20,21,22);1H. The summed E-state index contributed by atoms with van der Waals surface area (Å²) in [6, 6.07) is 4.56. The zero-order valence-corrected chi connectivity index (χ0v) is 17.4. The number of nitrogens with zero attached hydrogens (tertiary/aromatic N) is 2. The summed E-state index contributed by atoms with van der Waals surface area (Å²) < 4.78 is 29.5. The zero-order valence-electron chi connectivity index (χ0n) is 14.3. The molecule has 0 bridgehead atoms. The van der Waals surface area contributed by atoms with Crippen molar-refractivity contribution in [1.82, 2.24) is 15.5 Å². The van der Waals surface area contributed by atoms with E-state index in [1.807, 2.05) is 0 Å². The molecule has 1 aliphatic heterocycles. The minimum atomic E-state index is -2.87. The number of alkyl halides is 2. The fourth-order valence-corrected chi connectivity index (χ4v) is 2.93. The van der Waals surface area contributed by atoms with Crippen molar-refractivity contribution < 1.29 is 13.5 Å². The zero-order chi connectivity index (χ0) is 17.5. The third-order valence-electron chi connectivity index (χ3n) is 3.96. The van der Waals surface area contributed by atoms with Gasteiger partial charge in [0.1, 0.15) is 5.75 Å². The Bertz CT molecular complexity index is 577. The van der Waals surface area contributed by atoms with Gasteiger partial charge >= 0.3 is 6.61 Å². The summed E-state index contributed by atoms with van der Waals surface area (Å²) in [4.78, 5) is 6.45. The lowest BCUT2D eigenvalue weighted by molar-refractivity contribution is -0.0504. The molecule has 2 N–H and O–H groups in total. The number of guanidine groups is 1. The number of halogens is 4. The Morgan fingerprint density at radius 3 is 2.80 bits per heavy atom. The third kappa shape index (κ3) is 7.49. The maximum atomic E-state index is 12.5. The van der Waals surface area contributed by atoms with E-state index in [1.54, 1.807) is 13.1 Å². The Kier molecular flexibility index (Phi) is 9.73. The lowest BCUT2D eigenvalue weighted by atomic mass is 10.1. The Hall–Kier alpha value is -0.870. The lowest BCUT2D eigenvalue weighted by Gasteiger charge is -2.17. The van der Waals surface area contributed by atoms with Gasteiger partial charge in [-0.2, -0.15) is 8.78 Å². The molecule has 0 saturated carbocycles. The lowest BCUT2D eigenvalue weighted by Crippen LogP contribution is -2.39. The first-order chi connectivity index (χ1) is 11.5. The van der Waals surface area contributed by atoms with Gasteiger partial charge in [0, 0.05) is 37.3 Å². The molecule has 1 aromatic rings. The SMILES string of the molecule is CN=C(NCc1cc(Cl)ccc1OC(F)F)NCC1CCN(C)C1.I. The molecule has 1 heterocycles. The third-order valence-corrected chi connectivity index (χ3v) is 4.19. The summed E-state index contributed by atoms with van der Waals surface area (Å²) in [6.45, 7) is 0.397. The van der Waals surface area contributed by atoms with Crippen molar-refractivity contribution >= 4 is 41.5 Å². The second kappa shape index (κ2) is 11.0. The van der Waals surface area contributed by atoms with Crippen LogP contribution in [0, 0.1) is 5.92 Å². The Morgan fingerprint density at radius 2 is 2.20 bits per heavy atom. The molecule has 1 saturated heterocycles. The molecule has 2 rings (SSSR count). The first-order valence-electron chi connectivity index (χ1n) is 7.84. The van der Waals surface area contributed by atoms with Gasteiger partial charge in [-0.1, -0.05) is 11.6 Å². The molecule has 0 aliphatic carbocycles. The van der Waals surface area contributed by atoms with E-state index in [0.717, 1.165) is 26.1 Å². The highest BCUT2D eigenvalue weighted by atomic mass is 127. The first kappa shape index (κ1) is 22.2. The minimum absolute atomic E-state index is 0. The van der Waals surface area contributed by atoms with Crippen molar-refractivity contribution in [3.05, 3.63) is 28.8 Å². The highest BCUT2D eigenvalue weighted by Crippen LogP contribution is 2.24. The van der Waals surface area contributed by atoms with Crippen molar-refractivity contribution in [1.29, 1.82) is 0 Å². The summed E-state index contributed by atoms with van der Waals surface area (Å²) in [5.74, 6) is 1.31. The second-order valence-corrected chi connectivity index (χ2v) is 6.29. The fourth-order valence-electron chi connectivity index (χ4n) is 2.73. The van der Waals surface area contributed by atoms with Crippen LogP contribution >= 0.6 is 35.6 Å². The van der Waals surface area contributed by atoms with Crippen LogP contribution in [0.4, 0.5) is 8.78 Å². The normalized spacial score (nSPS) is 18.2. The average molecular weight is 489 g/mol. The number of nitrogens with one attached hydrogen (secondary N) is 2. The molecule has 25 heavy (non-hydrogen) atoms. The van der Waals surface area contributed by atoms with Crippen LogP contribution < -0.4 is 15.4 Å². The molecule has 1 fully saturated rings. The molecule has 0 amide bonds. The van der Waals surface area contributed by atoms with E-state index in [1.165, 1.54) is 12.1 Å². The van der Waals surface area contributed by atoms with Crippen LogP contribution in [0.3, 0.4) is 0 Å². The van der Waals surface area contributed by atoms with Crippen molar-refractivity contribution in [3.63, 3.8) is 0 Å². The summed E-state index contributed by atoms with van der Waals surface area (Å²) >= 11 is 5.94. The van der Waals surface area contributed by atoms with Crippen molar-refractivity contribution in [3.8, 4) is 5.75 Å². The molecule has 0 radical (unpaired) electrons. The number of rotatable bonds is 6. The van der Waals surface area contributed by atoms with Gasteiger partial charge in [-0.15, -0.1) is 24.0 Å². The topological polar surface area (TPSA) is 48.9 Å². The second-order valence-electron chi connectivity index (χ2n) is 5.85. The summed E-state index contributed by atoms with van der Waals surface area (Å²) in [7, 11) is 3.78. The number of benzene rings is 1. The number of likely N-dealkylation sites (tertiary alicyclic amines) is 1. The maximum Gasteiger partial charge on any atom is 0.387 e. The van der Waals surface area contributed by atoms with Crippen LogP contribution in [0.5, 0.6) is 5.75 Å². The largest absolute Gasteiger partial charge is 0.434 e. The van der Waals surface area contributed by atoms with E-state index in [-0.39, 0.29) is 36.3 Å². The fraction of sp³-hybridized carbons (Fsp3) is 0.562. The van der Waals surface area contributed by atoms with Crippen LogP contribution in [0.2, 0.25) is 5.02 Å². The predicted octanol–water partition coefficient (Wildman–Crippen LogP) is 3.18. The van der Waals surface area contributed by atoms with Gasteiger partial charge in [0.25, 0.3) is 0 Å². The number of aliphatic imine (C=N–C) groups is 1. The van der Waals surface area contributed by atoms with Crippen LogP contribution in [0.25, 0.3) is 0 Å². The van der Waals surface area contributed by atoms with E-state index >= 15 is 0 Å². The predicted molar refractivity (Wildman–Crippen MR) is 107 cm³/mol. The number of hydrogen-bond acceptors (Lipinski definition) is 3. The van der Waals surface area contributed by atoms with Gasteiger partial charge in [0.15, 0.2) is 5.96 Å². The van der Waals surface area contributed by atoms with E-state index < -0.39 is 6.61 Å². The molecular weight excluding hydrogens is 465 g/mol. The monoisotopic (exact) mass is 488 g/mol. The maximum absolute atomic E-state index is 12.5. The van der Waals surface area contributed by atoms with Crippen molar-refractivity contribution in [2.75, 3.05) is 33.7 Å². The molecule has 0 aromatic heterocycles. The van der Waals surface area contributed by atoms with Crippen LogP contribution in [0.1, 0.15) is 12.0 Å². The van der Waals surface area contributed by atoms with E-state index in [0.29, 0.717) is 22.5 Å². The summed E-state index contributed by atoms with van der Waals surface area (Å²) in [6.07, 6.45) is 1.15. The first-order valence-corrected chi connectivity index (χ1v) is 8.22. The Labute approximate surface area is 169 Å². The number of hydrogen-bond donors (Lipinski definition) is 2. The van der Waals surface area contributed by atoms with Gasteiger partial charge in [-0.05, 0) is 44.1 Å². The smallest absolute Gasteiger partial charge is 0.387 e. The van der Waals surface area contributed by atoms with Gasteiger partial charge in [-0.3, -0.25) is 4.99 Å². The van der Waals surface area contributed by atoms with E-state index in [9.17, 15) is 8.78 Å². The molecule has 1 aliphatic rings. The highest BCUT2D eigenvalue weighted by Gasteiger charge is 2.19. The van der Waals surface area contributed by atoms with Gasteiger partial charge in [0.2, 0.25) is 0 Å². The molecule has 0 spiro atoms. The summed E-state index contributed by atoms with van der Waals surface area (Å²) in [5.41, 5.74) is 0.548. The summed E-state index contributed by atoms with van der Waals surface area (Å²) in [5, 5.41) is 6.83. The molecule has 5 nitrogen and oxygen atoms in total. The van der Waals surface area contributed by atoms with Crippen molar-refractivity contribution in [2.24, 2.45) is 10.9 Å². The van der Waals surface area contributed by atoms with Crippen LogP contribution in [-0.4, -0.2) is 51.2 Å². The quantitative estimate of drug-likeness (QED) is 0.367. The average Bonchev–Trinajstić information content (AvgIpc) is 2.95. The molecular formula is C16H24ClF2IN4O. The highest BCUT2D eigenvalue weighted by molar-refractivity contribution is 14.0. The van der Waals surface area contributed by atoms with Gasteiger partial charge < -0.3 is 20.3 Å². The van der Waals surface area contributed by atoms with E-state index in [2.05, 4.69) is 32.3 Å². The van der Waals surface area contributed by atoms with Gasteiger partial charge in [0.05, 0.1) is 0 Å². The molecule has 1 unspecified atom stereocenters. The van der Waals surface area contributed by atoms with Crippen LogP contribution in [0.15, 0.2) is 23.2 Å². The molecule has 1 aromatic carbocycles. The molecule has 1 atom stereocenters. The number of ether oxygens (including phenoxy) is 1. The van der Waals surface area contributed by atoms with Crippen molar-refractivity contribution in [2.45, 2.75) is 19.6 Å². The van der Waals surface area contributed by atoms with E-state index in [4.69, 9.17) is 11.6 Å². The molecule has 9 heteroatoms. The Balaban J connectivity index is 0.00000312. The van der Waals surface area contributed by atoms with Gasteiger partial charge in [-0.25, -0.2) is 0 Å². The molecule has 142 valence electrons.